The van der Waals surface area contributed by atoms with Crippen molar-refractivity contribution in [1.82, 2.24) is 14.8 Å². The van der Waals surface area contributed by atoms with Crippen molar-refractivity contribution in [1.29, 1.82) is 0 Å². The molecule has 4 fully saturated rings. The topological polar surface area (TPSA) is 30.7 Å². The van der Waals surface area contributed by atoms with Crippen LogP contribution in [0.25, 0.3) is 17.1 Å². The number of aryl methyl sites for hydroxylation is 1. The number of hydrogen-bond acceptors (Lipinski definition) is 2. The zero-order chi connectivity index (χ0) is 16.6. The highest BCUT2D eigenvalue weighted by molar-refractivity contribution is 5.60. The molecule has 0 amide bonds. The Kier molecular flexibility index (Phi) is 2.54. The lowest BCUT2D eigenvalue weighted by molar-refractivity contribution is 0.571. The number of para-hydroxylation sites is 1. The van der Waals surface area contributed by atoms with Crippen LogP contribution in [0.2, 0.25) is 0 Å². The van der Waals surface area contributed by atoms with Gasteiger partial charge in [0.15, 0.2) is 5.82 Å². The molecule has 2 aromatic carbocycles. The Balaban J connectivity index is 1.56. The molecule has 3 nitrogen and oxygen atoms in total. The van der Waals surface area contributed by atoms with Gasteiger partial charge in [0.25, 0.3) is 0 Å². The van der Waals surface area contributed by atoms with Crippen LogP contribution in [-0.4, -0.2) is 14.8 Å². The highest BCUT2D eigenvalue weighted by atomic mass is 15.4. The Bertz CT molecular complexity index is 960. The van der Waals surface area contributed by atoms with Crippen molar-refractivity contribution in [3.8, 4) is 17.1 Å². The van der Waals surface area contributed by atoms with Crippen LogP contribution in [0, 0.1) is 24.7 Å². The van der Waals surface area contributed by atoms with Gasteiger partial charge in [0.05, 0.1) is 5.69 Å². The molecule has 7 rings (SSSR count). The highest BCUT2D eigenvalue weighted by Gasteiger charge is 2.76. The standard InChI is InChI=1S/C22H21N3/c1-14-7-5-6-10-17(14)20-23-21(22-13-15-11-18(22)19(22)12-15)25(24-20)16-8-3-2-4-9-16/h2-10,15,18-19H,11-13H2,1H3. The zero-order valence-electron chi connectivity index (χ0n) is 14.4. The lowest BCUT2D eigenvalue weighted by Crippen LogP contribution is -2.15. The normalized spacial score (nSPS) is 31.5. The van der Waals surface area contributed by atoms with Crippen molar-refractivity contribution >= 4 is 0 Å². The number of aromatic nitrogens is 3. The molecule has 3 heteroatoms. The van der Waals surface area contributed by atoms with Crippen LogP contribution in [0.1, 0.15) is 30.7 Å². The zero-order valence-corrected chi connectivity index (χ0v) is 14.4. The second-order valence-corrected chi connectivity index (χ2v) is 8.12. The molecule has 0 N–H and O–H groups in total. The summed E-state index contributed by atoms with van der Waals surface area (Å²) in [5.41, 5.74) is 3.83. The fourth-order valence-corrected chi connectivity index (χ4v) is 5.84. The summed E-state index contributed by atoms with van der Waals surface area (Å²) in [6.07, 6.45) is 4.14. The minimum absolute atomic E-state index is 0.314. The summed E-state index contributed by atoms with van der Waals surface area (Å²) in [6.45, 7) is 2.14. The second kappa shape index (κ2) is 4.60. The van der Waals surface area contributed by atoms with Crippen LogP contribution in [0.5, 0.6) is 0 Å². The van der Waals surface area contributed by atoms with Crippen molar-refractivity contribution in [2.45, 2.75) is 31.6 Å². The third-order valence-electron chi connectivity index (χ3n) is 6.91. The minimum atomic E-state index is 0.314. The van der Waals surface area contributed by atoms with Crippen molar-refractivity contribution in [2.24, 2.45) is 17.8 Å². The van der Waals surface area contributed by atoms with Gasteiger partial charge >= 0.3 is 0 Å². The van der Waals surface area contributed by atoms with Crippen LogP contribution in [-0.2, 0) is 5.41 Å². The molecule has 4 aliphatic rings. The van der Waals surface area contributed by atoms with E-state index in [4.69, 9.17) is 10.1 Å². The average molecular weight is 327 g/mol. The SMILES string of the molecule is Cc1ccccc1-c1nc(C23CC4CC2C3C4)n(-c2ccccc2)n1. The number of hydrogen-bond donors (Lipinski definition) is 0. The summed E-state index contributed by atoms with van der Waals surface area (Å²) in [5, 5.41) is 4.99. The maximum Gasteiger partial charge on any atom is 0.182 e. The lowest BCUT2D eigenvalue weighted by Gasteiger charge is -2.12. The Morgan fingerprint density at radius 1 is 0.960 bits per heavy atom. The smallest absolute Gasteiger partial charge is 0.182 e. The van der Waals surface area contributed by atoms with Gasteiger partial charge in [-0.15, -0.1) is 5.10 Å². The van der Waals surface area contributed by atoms with Crippen LogP contribution in [0.15, 0.2) is 54.6 Å². The van der Waals surface area contributed by atoms with Gasteiger partial charge in [-0.25, -0.2) is 9.67 Å². The molecule has 3 aromatic rings. The highest BCUT2D eigenvalue weighted by Crippen LogP contribution is 2.79. The van der Waals surface area contributed by atoms with Crippen LogP contribution in [0.3, 0.4) is 0 Å². The first-order valence-corrected chi connectivity index (χ1v) is 9.36. The summed E-state index contributed by atoms with van der Waals surface area (Å²) in [6, 6.07) is 19.0. The molecule has 0 spiro atoms. The molecule has 25 heavy (non-hydrogen) atoms. The van der Waals surface area contributed by atoms with E-state index in [1.54, 1.807) is 0 Å². The molecule has 0 saturated heterocycles. The third kappa shape index (κ3) is 1.71. The number of nitrogens with zero attached hydrogens (tertiary/aromatic N) is 3. The maximum absolute atomic E-state index is 5.14. The van der Waals surface area contributed by atoms with Crippen molar-refractivity contribution in [3.63, 3.8) is 0 Å². The van der Waals surface area contributed by atoms with Gasteiger partial charge in [-0.2, -0.15) is 0 Å². The van der Waals surface area contributed by atoms with E-state index in [0.29, 0.717) is 5.41 Å². The largest absolute Gasteiger partial charge is 0.217 e. The monoisotopic (exact) mass is 327 g/mol. The summed E-state index contributed by atoms with van der Waals surface area (Å²) in [4.78, 5) is 5.14. The molecule has 0 radical (unpaired) electrons. The molecule has 4 saturated carbocycles. The van der Waals surface area contributed by atoms with E-state index in [-0.39, 0.29) is 0 Å². The summed E-state index contributed by atoms with van der Waals surface area (Å²) < 4.78 is 2.14. The fourth-order valence-electron chi connectivity index (χ4n) is 5.84. The second-order valence-electron chi connectivity index (χ2n) is 8.12. The van der Waals surface area contributed by atoms with Gasteiger partial charge in [-0.05, 0) is 61.6 Å². The first-order chi connectivity index (χ1) is 12.3. The number of benzene rings is 2. The quantitative estimate of drug-likeness (QED) is 0.707. The van der Waals surface area contributed by atoms with E-state index >= 15 is 0 Å². The Morgan fingerprint density at radius 3 is 2.36 bits per heavy atom. The average Bonchev–Trinajstić information content (AvgIpc) is 3.23. The summed E-state index contributed by atoms with van der Waals surface area (Å²) in [5.74, 6) is 4.73. The first-order valence-electron chi connectivity index (χ1n) is 9.36. The van der Waals surface area contributed by atoms with Gasteiger partial charge in [-0.1, -0.05) is 42.5 Å². The predicted molar refractivity (Wildman–Crippen MR) is 97.5 cm³/mol. The molecular formula is C22H21N3. The van der Waals surface area contributed by atoms with Gasteiger partial charge in [0, 0.05) is 11.0 Å². The van der Waals surface area contributed by atoms with Crippen LogP contribution in [0.4, 0.5) is 0 Å². The van der Waals surface area contributed by atoms with E-state index in [0.717, 1.165) is 34.8 Å². The van der Waals surface area contributed by atoms with E-state index < -0.39 is 0 Å². The maximum atomic E-state index is 5.14. The third-order valence-corrected chi connectivity index (χ3v) is 6.91. The van der Waals surface area contributed by atoms with Crippen molar-refractivity contribution < 1.29 is 0 Å². The Labute approximate surface area is 147 Å². The van der Waals surface area contributed by atoms with Crippen molar-refractivity contribution in [2.75, 3.05) is 0 Å². The molecule has 0 aliphatic heterocycles. The molecular weight excluding hydrogens is 306 g/mol. The van der Waals surface area contributed by atoms with E-state index in [9.17, 15) is 0 Å². The van der Waals surface area contributed by atoms with E-state index in [1.807, 2.05) is 0 Å². The first kappa shape index (κ1) is 13.8. The van der Waals surface area contributed by atoms with E-state index in [2.05, 4.69) is 66.2 Å². The molecule has 4 bridgehead atoms. The minimum Gasteiger partial charge on any atom is -0.217 e. The molecule has 2 unspecified atom stereocenters. The Morgan fingerprint density at radius 2 is 1.68 bits per heavy atom. The van der Waals surface area contributed by atoms with Crippen LogP contribution < -0.4 is 0 Å². The van der Waals surface area contributed by atoms with Gasteiger partial charge in [0.2, 0.25) is 0 Å². The van der Waals surface area contributed by atoms with Gasteiger partial charge in [-0.3, -0.25) is 0 Å². The summed E-state index contributed by atoms with van der Waals surface area (Å²) in [7, 11) is 0. The predicted octanol–water partition coefficient (Wildman–Crippen LogP) is 4.54. The lowest BCUT2D eigenvalue weighted by atomic mass is 10.0. The molecule has 2 atom stereocenters. The molecule has 1 heterocycles. The van der Waals surface area contributed by atoms with Gasteiger partial charge in [0.1, 0.15) is 5.82 Å². The van der Waals surface area contributed by atoms with E-state index in [1.165, 1.54) is 30.7 Å². The van der Waals surface area contributed by atoms with Gasteiger partial charge < -0.3 is 0 Å². The molecule has 4 aliphatic carbocycles. The molecule has 1 aromatic heterocycles. The van der Waals surface area contributed by atoms with Crippen molar-refractivity contribution in [3.05, 3.63) is 66.0 Å². The number of rotatable bonds is 3. The Hall–Kier alpha value is -2.42. The summed E-state index contributed by atoms with van der Waals surface area (Å²) >= 11 is 0. The fraction of sp³-hybridized carbons (Fsp3) is 0.364. The molecule has 124 valence electrons. The van der Waals surface area contributed by atoms with Crippen LogP contribution >= 0.6 is 0 Å².